The third-order valence-electron chi connectivity index (χ3n) is 2.82. The van der Waals surface area contributed by atoms with Crippen molar-refractivity contribution in [2.75, 3.05) is 0 Å². The number of halogens is 2. The van der Waals surface area contributed by atoms with E-state index in [9.17, 15) is 13.6 Å². The van der Waals surface area contributed by atoms with Crippen LogP contribution in [-0.2, 0) is 6.54 Å². The van der Waals surface area contributed by atoms with Gasteiger partial charge >= 0.3 is 0 Å². The highest BCUT2D eigenvalue weighted by Gasteiger charge is 2.13. The Morgan fingerprint density at radius 2 is 2.05 bits per heavy atom. The molecule has 0 N–H and O–H groups in total. The highest BCUT2D eigenvalue weighted by atomic mass is 19.2. The molecule has 100 valence electrons. The molecular formula is C14H14F2N2O. The largest absolute Gasteiger partial charge is 0.327 e. The third kappa shape index (κ3) is 2.86. The first-order valence-corrected chi connectivity index (χ1v) is 5.98. The Bertz CT molecular complexity index is 605. The average Bonchev–Trinajstić information content (AvgIpc) is 2.80. The Hall–Kier alpha value is -2.04. The number of carbonyl (C=O) groups excluding carboxylic acids is 1. The molecular weight excluding hydrogens is 250 g/mol. The molecule has 2 rings (SSSR count). The van der Waals surface area contributed by atoms with E-state index in [1.165, 1.54) is 6.07 Å². The fourth-order valence-corrected chi connectivity index (χ4v) is 1.87. The van der Waals surface area contributed by atoms with Gasteiger partial charge in [-0.15, -0.1) is 0 Å². The standard InChI is InChI=1S/C14H14F2N2O/c1-9(2)14-17-5-6-18(14)8-13(19)10-3-4-11(15)12(16)7-10/h3-7,9H,8H2,1-2H3. The second-order valence-electron chi connectivity index (χ2n) is 4.62. The van der Waals surface area contributed by atoms with Crippen LogP contribution in [0.15, 0.2) is 30.6 Å². The van der Waals surface area contributed by atoms with Gasteiger partial charge in [-0.05, 0) is 18.2 Å². The Balaban J connectivity index is 2.21. The van der Waals surface area contributed by atoms with E-state index in [4.69, 9.17) is 0 Å². The van der Waals surface area contributed by atoms with E-state index < -0.39 is 11.6 Å². The van der Waals surface area contributed by atoms with E-state index in [0.29, 0.717) is 0 Å². The third-order valence-corrected chi connectivity index (χ3v) is 2.82. The summed E-state index contributed by atoms with van der Waals surface area (Å²) in [4.78, 5) is 16.2. The van der Waals surface area contributed by atoms with Crippen molar-refractivity contribution in [1.82, 2.24) is 9.55 Å². The molecule has 0 aliphatic carbocycles. The lowest BCUT2D eigenvalue weighted by Crippen LogP contribution is -2.13. The lowest BCUT2D eigenvalue weighted by molar-refractivity contribution is 0.0970. The number of aromatic nitrogens is 2. The lowest BCUT2D eigenvalue weighted by Gasteiger charge is -2.09. The van der Waals surface area contributed by atoms with Crippen molar-refractivity contribution in [3.05, 3.63) is 53.6 Å². The van der Waals surface area contributed by atoms with Gasteiger partial charge in [-0.1, -0.05) is 13.8 Å². The summed E-state index contributed by atoms with van der Waals surface area (Å²) < 4.78 is 27.6. The molecule has 3 nitrogen and oxygen atoms in total. The first-order valence-electron chi connectivity index (χ1n) is 5.98. The van der Waals surface area contributed by atoms with Gasteiger partial charge in [0.2, 0.25) is 0 Å². The van der Waals surface area contributed by atoms with Crippen LogP contribution in [0, 0.1) is 11.6 Å². The van der Waals surface area contributed by atoms with E-state index in [1.807, 2.05) is 13.8 Å². The molecule has 0 amide bonds. The van der Waals surface area contributed by atoms with Crippen LogP contribution in [0.4, 0.5) is 8.78 Å². The number of Topliss-reactive ketones (excluding diaryl/α,β-unsaturated/α-hetero) is 1. The molecule has 2 aromatic rings. The maximum absolute atomic E-state index is 13.1. The molecule has 0 saturated heterocycles. The number of carbonyl (C=O) groups is 1. The highest BCUT2D eigenvalue weighted by Crippen LogP contribution is 2.14. The van der Waals surface area contributed by atoms with E-state index in [-0.39, 0.29) is 23.8 Å². The second kappa shape index (κ2) is 5.30. The van der Waals surface area contributed by atoms with Crippen LogP contribution < -0.4 is 0 Å². The molecule has 0 aliphatic rings. The van der Waals surface area contributed by atoms with Crippen molar-refractivity contribution < 1.29 is 13.6 Å². The van der Waals surface area contributed by atoms with Crippen LogP contribution >= 0.6 is 0 Å². The molecule has 19 heavy (non-hydrogen) atoms. The lowest BCUT2D eigenvalue weighted by atomic mass is 10.1. The molecule has 0 bridgehead atoms. The fourth-order valence-electron chi connectivity index (χ4n) is 1.87. The van der Waals surface area contributed by atoms with Crippen LogP contribution in [0.5, 0.6) is 0 Å². The van der Waals surface area contributed by atoms with Crippen molar-refractivity contribution in [3.63, 3.8) is 0 Å². The van der Waals surface area contributed by atoms with Crippen LogP contribution in [-0.4, -0.2) is 15.3 Å². The maximum Gasteiger partial charge on any atom is 0.182 e. The zero-order chi connectivity index (χ0) is 14.0. The quantitative estimate of drug-likeness (QED) is 0.795. The molecule has 0 radical (unpaired) electrons. The van der Waals surface area contributed by atoms with Crippen molar-refractivity contribution >= 4 is 5.78 Å². The minimum atomic E-state index is -1.01. The number of benzene rings is 1. The summed E-state index contributed by atoms with van der Waals surface area (Å²) in [5.41, 5.74) is 0.155. The van der Waals surface area contributed by atoms with Gasteiger partial charge in [-0.3, -0.25) is 4.79 Å². The number of hydrogen-bond acceptors (Lipinski definition) is 2. The van der Waals surface area contributed by atoms with Gasteiger partial charge in [0.1, 0.15) is 5.82 Å². The zero-order valence-corrected chi connectivity index (χ0v) is 10.7. The Morgan fingerprint density at radius 1 is 1.32 bits per heavy atom. The number of rotatable bonds is 4. The Kier molecular flexibility index (Phi) is 3.74. The molecule has 5 heteroatoms. The molecule has 0 unspecified atom stereocenters. The normalized spacial score (nSPS) is 11.0. The van der Waals surface area contributed by atoms with Crippen molar-refractivity contribution in [3.8, 4) is 0 Å². The summed E-state index contributed by atoms with van der Waals surface area (Å²) in [6, 6.07) is 3.16. The van der Waals surface area contributed by atoms with Crippen molar-refractivity contribution in [2.24, 2.45) is 0 Å². The van der Waals surface area contributed by atoms with E-state index >= 15 is 0 Å². The summed E-state index contributed by atoms with van der Waals surface area (Å²) >= 11 is 0. The van der Waals surface area contributed by atoms with Crippen LogP contribution in [0.3, 0.4) is 0 Å². The molecule has 1 aromatic carbocycles. The van der Waals surface area contributed by atoms with E-state index in [1.54, 1.807) is 17.0 Å². The summed E-state index contributed by atoms with van der Waals surface area (Å²) in [6.45, 7) is 4.01. The predicted octanol–water partition coefficient (Wildman–Crippen LogP) is 3.17. The summed E-state index contributed by atoms with van der Waals surface area (Å²) in [6.07, 6.45) is 3.32. The zero-order valence-electron chi connectivity index (χ0n) is 10.7. The number of imidazole rings is 1. The van der Waals surface area contributed by atoms with Crippen LogP contribution in [0.1, 0.15) is 35.9 Å². The smallest absolute Gasteiger partial charge is 0.182 e. The molecule has 0 aliphatic heterocycles. The van der Waals surface area contributed by atoms with Crippen molar-refractivity contribution in [2.45, 2.75) is 26.3 Å². The minimum absolute atomic E-state index is 0.0680. The number of hydrogen-bond donors (Lipinski definition) is 0. The van der Waals surface area contributed by atoms with E-state index in [0.717, 1.165) is 18.0 Å². The monoisotopic (exact) mass is 264 g/mol. The van der Waals surface area contributed by atoms with Gasteiger partial charge in [0.15, 0.2) is 17.4 Å². The SMILES string of the molecule is CC(C)c1nccn1CC(=O)c1ccc(F)c(F)c1. The Morgan fingerprint density at radius 3 is 2.68 bits per heavy atom. The summed E-state index contributed by atoms with van der Waals surface area (Å²) in [7, 11) is 0. The predicted molar refractivity (Wildman–Crippen MR) is 67.0 cm³/mol. The first-order chi connectivity index (χ1) is 8.99. The average molecular weight is 264 g/mol. The highest BCUT2D eigenvalue weighted by molar-refractivity contribution is 5.95. The summed E-state index contributed by atoms with van der Waals surface area (Å²) in [5, 5.41) is 0. The summed E-state index contributed by atoms with van der Waals surface area (Å²) in [5.74, 6) is -1.27. The van der Waals surface area contributed by atoms with Gasteiger partial charge in [-0.2, -0.15) is 0 Å². The molecule has 1 aromatic heterocycles. The van der Waals surface area contributed by atoms with Gasteiger partial charge in [0.05, 0.1) is 6.54 Å². The molecule has 1 heterocycles. The van der Waals surface area contributed by atoms with Crippen LogP contribution in [0.25, 0.3) is 0 Å². The van der Waals surface area contributed by atoms with Crippen molar-refractivity contribution in [1.29, 1.82) is 0 Å². The number of ketones is 1. The second-order valence-corrected chi connectivity index (χ2v) is 4.62. The molecule has 0 saturated carbocycles. The number of nitrogens with zero attached hydrogens (tertiary/aromatic N) is 2. The Labute approximate surface area is 109 Å². The topological polar surface area (TPSA) is 34.9 Å². The first kappa shape index (κ1) is 13.4. The van der Waals surface area contributed by atoms with Gasteiger partial charge < -0.3 is 4.57 Å². The molecule has 0 atom stereocenters. The minimum Gasteiger partial charge on any atom is -0.327 e. The fraction of sp³-hybridized carbons (Fsp3) is 0.286. The van der Waals surface area contributed by atoms with Gasteiger partial charge in [0, 0.05) is 23.9 Å². The van der Waals surface area contributed by atoms with Gasteiger partial charge in [-0.25, -0.2) is 13.8 Å². The maximum atomic E-state index is 13.1. The van der Waals surface area contributed by atoms with Gasteiger partial charge in [0.25, 0.3) is 0 Å². The molecule has 0 spiro atoms. The van der Waals surface area contributed by atoms with E-state index in [2.05, 4.69) is 4.98 Å². The molecule has 0 fully saturated rings. The van der Waals surface area contributed by atoms with Crippen LogP contribution in [0.2, 0.25) is 0 Å².